The molecule has 4 nitrogen and oxygen atoms in total. The molecule has 0 aromatic rings. The minimum Gasteiger partial charge on any atom is -0.465 e. The van der Waals surface area contributed by atoms with Crippen LogP contribution in [0, 0.1) is 17.8 Å². The fourth-order valence-corrected chi connectivity index (χ4v) is 1.87. The monoisotopic (exact) mass is 228 g/mol. The van der Waals surface area contributed by atoms with Gasteiger partial charge in [-0.2, -0.15) is 0 Å². The van der Waals surface area contributed by atoms with Gasteiger partial charge in [0.15, 0.2) is 0 Å². The van der Waals surface area contributed by atoms with E-state index in [1.54, 1.807) is 0 Å². The van der Waals surface area contributed by atoms with Crippen LogP contribution in [0.2, 0.25) is 0 Å². The van der Waals surface area contributed by atoms with Gasteiger partial charge in [0.25, 0.3) is 0 Å². The number of carbonyl (C=O) groups excluding carboxylic acids is 2. The number of ketones is 1. The number of Topliss-reactive ketones (excluding diaryl/α,β-unsaturated/α-hetero) is 1. The van der Waals surface area contributed by atoms with Crippen molar-refractivity contribution in [3.05, 3.63) is 0 Å². The highest BCUT2D eigenvalue weighted by Crippen LogP contribution is 2.25. The molecule has 92 valence electrons. The third kappa shape index (κ3) is 3.04. The molecule has 1 unspecified atom stereocenters. The molecule has 0 aromatic heterocycles. The molecule has 0 amide bonds. The van der Waals surface area contributed by atoms with Crippen LogP contribution in [0.5, 0.6) is 0 Å². The van der Waals surface area contributed by atoms with Crippen molar-refractivity contribution in [3.8, 4) is 0 Å². The van der Waals surface area contributed by atoms with E-state index in [0.29, 0.717) is 12.3 Å². The summed E-state index contributed by atoms with van der Waals surface area (Å²) in [6.07, 6.45) is 2.24. The zero-order valence-electron chi connectivity index (χ0n) is 9.94. The molecule has 0 spiro atoms. The lowest BCUT2D eigenvalue weighted by Gasteiger charge is -2.13. The minimum atomic E-state index is -0.728. The SMILES string of the molecule is CC[C@H](C)CCC(=O)C1C(=O)OC[C@H]1CO. The summed E-state index contributed by atoms with van der Waals surface area (Å²) in [5.74, 6) is -1.12. The summed E-state index contributed by atoms with van der Waals surface area (Å²) in [7, 11) is 0. The number of ether oxygens (including phenoxy) is 1. The normalized spacial score (nSPS) is 26.6. The number of carbonyl (C=O) groups is 2. The molecule has 0 aromatic carbocycles. The van der Waals surface area contributed by atoms with Gasteiger partial charge < -0.3 is 9.84 Å². The molecule has 0 radical (unpaired) electrons. The van der Waals surface area contributed by atoms with Gasteiger partial charge in [-0.15, -0.1) is 0 Å². The van der Waals surface area contributed by atoms with Gasteiger partial charge in [0.1, 0.15) is 11.7 Å². The number of aliphatic hydroxyl groups excluding tert-OH is 1. The summed E-state index contributed by atoms with van der Waals surface area (Å²) in [6, 6.07) is 0. The second kappa shape index (κ2) is 5.99. The molecular weight excluding hydrogens is 208 g/mol. The zero-order valence-corrected chi connectivity index (χ0v) is 9.94. The van der Waals surface area contributed by atoms with Gasteiger partial charge in [-0.1, -0.05) is 20.3 Å². The lowest BCUT2D eigenvalue weighted by atomic mass is 9.88. The third-order valence-corrected chi connectivity index (χ3v) is 3.33. The molecule has 1 heterocycles. The van der Waals surface area contributed by atoms with Gasteiger partial charge in [0, 0.05) is 12.3 Å². The van der Waals surface area contributed by atoms with E-state index >= 15 is 0 Å². The van der Waals surface area contributed by atoms with Crippen LogP contribution < -0.4 is 0 Å². The van der Waals surface area contributed by atoms with Crippen LogP contribution >= 0.6 is 0 Å². The lowest BCUT2D eigenvalue weighted by molar-refractivity contribution is -0.145. The number of cyclic esters (lactones) is 1. The average Bonchev–Trinajstić information content (AvgIpc) is 2.66. The highest BCUT2D eigenvalue weighted by atomic mass is 16.5. The Hall–Kier alpha value is -0.900. The van der Waals surface area contributed by atoms with E-state index < -0.39 is 11.9 Å². The average molecular weight is 228 g/mol. The molecule has 0 aliphatic carbocycles. The van der Waals surface area contributed by atoms with Crippen LogP contribution in [0.25, 0.3) is 0 Å². The number of hydrogen-bond acceptors (Lipinski definition) is 4. The Balaban J connectivity index is 2.48. The Morgan fingerprint density at radius 1 is 1.62 bits per heavy atom. The van der Waals surface area contributed by atoms with E-state index in [9.17, 15) is 9.59 Å². The van der Waals surface area contributed by atoms with Gasteiger partial charge in [-0.3, -0.25) is 9.59 Å². The highest BCUT2D eigenvalue weighted by molar-refractivity contribution is 6.00. The third-order valence-electron chi connectivity index (χ3n) is 3.33. The Morgan fingerprint density at radius 2 is 2.31 bits per heavy atom. The molecule has 3 atom stereocenters. The maximum atomic E-state index is 11.8. The second-order valence-electron chi connectivity index (χ2n) is 4.57. The number of hydrogen-bond donors (Lipinski definition) is 1. The first-order chi connectivity index (χ1) is 7.60. The quantitative estimate of drug-likeness (QED) is 0.547. The van der Waals surface area contributed by atoms with E-state index in [1.165, 1.54) is 0 Å². The number of rotatable bonds is 6. The van der Waals surface area contributed by atoms with Gasteiger partial charge in [0.2, 0.25) is 0 Å². The molecule has 0 bridgehead atoms. The van der Waals surface area contributed by atoms with Crippen LogP contribution in [0.1, 0.15) is 33.1 Å². The topological polar surface area (TPSA) is 63.6 Å². The van der Waals surface area contributed by atoms with Crippen LogP contribution in [0.15, 0.2) is 0 Å². The summed E-state index contributed by atoms with van der Waals surface area (Å²) in [4.78, 5) is 23.2. The van der Waals surface area contributed by atoms with E-state index in [0.717, 1.165) is 12.8 Å². The Labute approximate surface area is 96.0 Å². The van der Waals surface area contributed by atoms with Gasteiger partial charge >= 0.3 is 5.97 Å². The fourth-order valence-electron chi connectivity index (χ4n) is 1.87. The molecule has 1 rings (SSSR count). The fraction of sp³-hybridized carbons (Fsp3) is 0.833. The van der Waals surface area contributed by atoms with Crippen molar-refractivity contribution >= 4 is 11.8 Å². The van der Waals surface area contributed by atoms with Crippen molar-refractivity contribution in [2.24, 2.45) is 17.8 Å². The summed E-state index contributed by atoms with van der Waals surface area (Å²) in [5, 5.41) is 9.04. The van der Waals surface area contributed by atoms with E-state index in [1.807, 2.05) is 0 Å². The first-order valence-corrected chi connectivity index (χ1v) is 5.90. The van der Waals surface area contributed by atoms with E-state index in [-0.39, 0.29) is 24.9 Å². The zero-order chi connectivity index (χ0) is 12.1. The molecule has 0 saturated carbocycles. The van der Waals surface area contributed by atoms with Gasteiger partial charge in [-0.25, -0.2) is 0 Å². The molecule has 4 heteroatoms. The lowest BCUT2D eigenvalue weighted by Crippen LogP contribution is -2.28. The summed E-state index contributed by atoms with van der Waals surface area (Å²) in [5.41, 5.74) is 0. The van der Waals surface area contributed by atoms with Crippen molar-refractivity contribution in [2.45, 2.75) is 33.1 Å². The summed E-state index contributed by atoms with van der Waals surface area (Å²) < 4.78 is 4.80. The van der Waals surface area contributed by atoms with Crippen molar-refractivity contribution in [1.82, 2.24) is 0 Å². The van der Waals surface area contributed by atoms with Crippen LogP contribution in [0.3, 0.4) is 0 Å². The largest absolute Gasteiger partial charge is 0.465 e. The van der Waals surface area contributed by atoms with Crippen molar-refractivity contribution < 1.29 is 19.4 Å². The predicted octanol–water partition coefficient (Wildman–Crippen LogP) is 1.16. The van der Waals surface area contributed by atoms with E-state index in [2.05, 4.69) is 13.8 Å². The van der Waals surface area contributed by atoms with Gasteiger partial charge in [0.05, 0.1) is 13.2 Å². The highest BCUT2D eigenvalue weighted by Gasteiger charge is 2.41. The molecule has 1 saturated heterocycles. The smallest absolute Gasteiger partial charge is 0.316 e. The van der Waals surface area contributed by atoms with Crippen LogP contribution in [-0.2, 0) is 14.3 Å². The van der Waals surface area contributed by atoms with E-state index in [4.69, 9.17) is 9.84 Å². The Morgan fingerprint density at radius 3 is 2.88 bits per heavy atom. The maximum absolute atomic E-state index is 11.8. The molecule has 1 aliphatic heterocycles. The number of aliphatic hydroxyl groups is 1. The first kappa shape index (κ1) is 13.2. The Bertz CT molecular complexity index is 262. The molecule has 1 fully saturated rings. The van der Waals surface area contributed by atoms with Crippen molar-refractivity contribution in [1.29, 1.82) is 0 Å². The maximum Gasteiger partial charge on any atom is 0.316 e. The predicted molar refractivity (Wildman–Crippen MR) is 58.7 cm³/mol. The molecule has 1 N–H and O–H groups in total. The van der Waals surface area contributed by atoms with Crippen LogP contribution in [0.4, 0.5) is 0 Å². The second-order valence-corrected chi connectivity index (χ2v) is 4.57. The first-order valence-electron chi connectivity index (χ1n) is 5.90. The summed E-state index contributed by atoms with van der Waals surface area (Å²) in [6.45, 7) is 4.18. The standard InChI is InChI=1S/C12H20O4/c1-3-8(2)4-5-10(14)11-9(6-13)7-16-12(11)15/h8-9,11,13H,3-7H2,1-2H3/t8-,9+,11?/m0/s1. The molecule has 1 aliphatic rings. The molecular formula is C12H20O4. The summed E-state index contributed by atoms with van der Waals surface area (Å²) >= 11 is 0. The van der Waals surface area contributed by atoms with Gasteiger partial charge in [-0.05, 0) is 12.3 Å². The number of esters is 1. The van der Waals surface area contributed by atoms with Crippen LogP contribution in [-0.4, -0.2) is 30.1 Å². The van der Waals surface area contributed by atoms with Crippen molar-refractivity contribution in [3.63, 3.8) is 0 Å². The Kier molecular flexibility index (Phi) is 4.93. The molecule has 16 heavy (non-hydrogen) atoms. The minimum absolute atomic E-state index is 0.0816. The van der Waals surface area contributed by atoms with Crippen molar-refractivity contribution in [2.75, 3.05) is 13.2 Å².